The highest BCUT2D eigenvalue weighted by Gasteiger charge is 2.02. The quantitative estimate of drug-likeness (QED) is 0.705. The van der Waals surface area contributed by atoms with Gasteiger partial charge in [-0.05, 0) is 36.4 Å². The number of hydrogen-bond acceptors (Lipinski definition) is 4. The Kier molecular flexibility index (Phi) is 6.32. The van der Waals surface area contributed by atoms with Gasteiger partial charge in [0.15, 0.2) is 0 Å². The summed E-state index contributed by atoms with van der Waals surface area (Å²) in [5.74, 6) is 3.15. The summed E-state index contributed by atoms with van der Waals surface area (Å²) < 4.78 is 21.2. The number of ether oxygens (including phenoxy) is 4. The number of allylic oxidation sites excluding steroid dienone is 2. The summed E-state index contributed by atoms with van der Waals surface area (Å²) in [5, 5.41) is 0. The molecular formula is C20H22O4. The molecule has 0 heterocycles. The third-order valence-corrected chi connectivity index (χ3v) is 3.54. The van der Waals surface area contributed by atoms with Crippen molar-refractivity contribution in [2.24, 2.45) is 0 Å². The molecule has 0 aliphatic carbocycles. The van der Waals surface area contributed by atoms with E-state index in [2.05, 4.69) is 0 Å². The first-order chi connectivity index (χ1) is 11.7. The zero-order chi connectivity index (χ0) is 17.4. The molecule has 0 aliphatic rings. The second kappa shape index (κ2) is 8.67. The van der Waals surface area contributed by atoms with Gasteiger partial charge in [0.2, 0.25) is 0 Å². The molecule has 2 aromatic carbocycles. The lowest BCUT2D eigenvalue weighted by Crippen LogP contribution is -1.89. The molecule has 4 nitrogen and oxygen atoms in total. The smallest absolute Gasteiger partial charge is 0.126 e. The maximum absolute atomic E-state index is 5.36. The Labute approximate surface area is 142 Å². The molecule has 2 aromatic rings. The van der Waals surface area contributed by atoms with Crippen LogP contribution in [0.15, 0.2) is 48.6 Å². The van der Waals surface area contributed by atoms with E-state index in [0.29, 0.717) is 0 Å². The van der Waals surface area contributed by atoms with E-state index in [1.165, 1.54) is 0 Å². The van der Waals surface area contributed by atoms with Gasteiger partial charge < -0.3 is 18.9 Å². The summed E-state index contributed by atoms with van der Waals surface area (Å²) in [6, 6.07) is 11.4. The number of methoxy groups -OCH3 is 4. The van der Waals surface area contributed by atoms with E-state index in [0.717, 1.165) is 34.1 Å². The molecule has 2 rings (SSSR count). The Bertz CT molecular complexity index is 669. The molecule has 0 atom stereocenters. The van der Waals surface area contributed by atoms with Gasteiger partial charge in [0.1, 0.15) is 23.0 Å². The lowest BCUT2D eigenvalue weighted by atomic mass is 10.1. The van der Waals surface area contributed by atoms with E-state index >= 15 is 0 Å². The summed E-state index contributed by atoms with van der Waals surface area (Å²) in [7, 11) is 6.58. The van der Waals surface area contributed by atoms with Crippen LogP contribution >= 0.6 is 0 Å². The van der Waals surface area contributed by atoms with Crippen LogP contribution in [0.1, 0.15) is 11.1 Å². The van der Waals surface area contributed by atoms with Crippen LogP contribution in [0.2, 0.25) is 0 Å². The third-order valence-electron chi connectivity index (χ3n) is 3.54. The van der Waals surface area contributed by atoms with Crippen molar-refractivity contribution in [2.75, 3.05) is 28.4 Å². The fourth-order valence-corrected chi connectivity index (χ4v) is 2.26. The van der Waals surface area contributed by atoms with Crippen molar-refractivity contribution >= 4 is 12.2 Å². The van der Waals surface area contributed by atoms with Gasteiger partial charge in [-0.1, -0.05) is 24.3 Å². The Morgan fingerprint density at radius 2 is 1.00 bits per heavy atom. The van der Waals surface area contributed by atoms with Crippen molar-refractivity contribution in [3.63, 3.8) is 0 Å². The molecule has 0 unspecified atom stereocenters. The zero-order valence-corrected chi connectivity index (χ0v) is 14.4. The Morgan fingerprint density at radius 3 is 1.33 bits per heavy atom. The summed E-state index contributed by atoms with van der Waals surface area (Å²) in [4.78, 5) is 0. The minimum absolute atomic E-state index is 0.786. The van der Waals surface area contributed by atoms with Gasteiger partial charge in [0, 0.05) is 11.1 Å². The van der Waals surface area contributed by atoms with Gasteiger partial charge in [-0.2, -0.15) is 0 Å². The topological polar surface area (TPSA) is 36.9 Å². The summed E-state index contributed by atoms with van der Waals surface area (Å²) in [6.07, 6.45) is 7.81. The van der Waals surface area contributed by atoms with Crippen LogP contribution in [-0.2, 0) is 0 Å². The normalized spacial score (nSPS) is 11.0. The minimum Gasteiger partial charge on any atom is -0.497 e. The lowest BCUT2D eigenvalue weighted by molar-refractivity contribution is 0.402. The molecule has 0 spiro atoms. The average molecular weight is 326 g/mol. The minimum atomic E-state index is 0.786. The Balaban J connectivity index is 2.21. The monoisotopic (exact) mass is 326 g/mol. The molecular weight excluding hydrogens is 304 g/mol. The fraction of sp³-hybridized carbons (Fsp3) is 0.200. The maximum atomic E-state index is 5.36. The van der Waals surface area contributed by atoms with E-state index in [1.54, 1.807) is 28.4 Å². The molecule has 4 heteroatoms. The standard InChI is InChI=1S/C20H22O4/c1-21-17-9-11-19(23-3)15(13-17)7-5-6-8-16-14-18(22-2)10-12-20(16)24-4/h5-14H,1-4H3. The van der Waals surface area contributed by atoms with E-state index in [-0.39, 0.29) is 0 Å². The molecule has 0 aliphatic heterocycles. The van der Waals surface area contributed by atoms with Crippen LogP contribution in [0.25, 0.3) is 12.2 Å². The first kappa shape index (κ1) is 17.5. The number of rotatable bonds is 7. The van der Waals surface area contributed by atoms with E-state index in [4.69, 9.17) is 18.9 Å². The predicted octanol–water partition coefficient (Wildman–Crippen LogP) is 4.45. The highest BCUT2D eigenvalue weighted by atomic mass is 16.5. The first-order valence-electron chi connectivity index (χ1n) is 7.50. The van der Waals surface area contributed by atoms with Crippen molar-refractivity contribution in [3.8, 4) is 23.0 Å². The molecule has 0 amide bonds. The van der Waals surface area contributed by atoms with E-state index in [1.807, 2.05) is 60.7 Å². The van der Waals surface area contributed by atoms with Gasteiger partial charge >= 0.3 is 0 Å². The second-order valence-corrected chi connectivity index (χ2v) is 4.93. The molecule has 0 radical (unpaired) electrons. The van der Waals surface area contributed by atoms with Crippen molar-refractivity contribution in [3.05, 3.63) is 59.7 Å². The van der Waals surface area contributed by atoms with Crippen molar-refractivity contribution in [1.29, 1.82) is 0 Å². The number of hydrogen-bond donors (Lipinski definition) is 0. The van der Waals surface area contributed by atoms with Crippen molar-refractivity contribution in [2.45, 2.75) is 0 Å². The van der Waals surface area contributed by atoms with Crippen LogP contribution < -0.4 is 18.9 Å². The third kappa shape index (κ3) is 4.32. The van der Waals surface area contributed by atoms with Crippen molar-refractivity contribution < 1.29 is 18.9 Å². The zero-order valence-electron chi connectivity index (χ0n) is 14.4. The summed E-state index contributed by atoms with van der Waals surface area (Å²) in [5.41, 5.74) is 1.89. The average Bonchev–Trinajstić information content (AvgIpc) is 2.64. The van der Waals surface area contributed by atoms with Gasteiger partial charge in [-0.3, -0.25) is 0 Å². The van der Waals surface area contributed by atoms with Crippen LogP contribution in [-0.4, -0.2) is 28.4 Å². The molecule has 126 valence electrons. The molecule has 0 fully saturated rings. The van der Waals surface area contributed by atoms with Gasteiger partial charge in [0.05, 0.1) is 28.4 Å². The van der Waals surface area contributed by atoms with Crippen molar-refractivity contribution in [1.82, 2.24) is 0 Å². The Hall–Kier alpha value is -2.88. The van der Waals surface area contributed by atoms with Gasteiger partial charge in [-0.15, -0.1) is 0 Å². The molecule has 0 N–H and O–H groups in total. The van der Waals surface area contributed by atoms with Crippen LogP contribution in [0.4, 0.5) is 0 Å². The molecule has 0 saturated heterocycles. The van der Waals surface area contributed by atoms with Crippen LogP contribution in [0.5, 0.6) is 23.0 Å². The molecule has 24 heavy (non-hydrogen) atoms. The highest BCUT2D eigenvalue weighted by molar-refractivity contribution is 5.65. The van der Waals surface area contributed by atoms with E-state index in [9.17, 15) is 0 Å². The van der Waals surface area contributed by atoms with Gasteiger partial charge in [-0.25, -0.2) is 0 Å². The maximum Gasteiger partial charge on any atom is 0.126 e. The lowest BCUT2D eigenvalue weighted by Gasteiger charge is -2.07. The Morgan fingerprint density at radius 1 is 0.583 bits per heavy atom. The fourth-order valence-electron chi connectivity index (χ4n) is 2.26. The van der Waals surface area contributed by atoms with Crippen LogP contribution in [0, 0.1) is 0 Å². The summed E-state index contributed by atoms with van der Waals surface area (Å²) >= 11 is 0. The highest BCUT2D eigenvalue weighted by Crippen LogP contribution is 2.26. The first-order valence-corrected chi connectivity index (χ1v) is 7.50. The largest absolute Gasteiger partial charge is 0.497 e. The van der Waals surface area contributed by atoms with Gasteiger partial charge in [0.25, 0.3) is 0 Å². The second-order valence-electron chi connectivity index (χ2n) is 4.93. The number of benzene rings is 2. The molecule has 0 saturated carbocycles. The SMILES string of the molecule is COc1ccc(OC)c(C=CC=Cc2cc(OC)ccc2OC)c1. The van der Waals surface area contributed by atoms with E-state index < -0.39 is 0 Å². The summed E-state index contributed by atoms with van der Waals surface area (Å²) in [6.45, 7) is 0. The molecule has 0 aromatic heterocycles. The predicted molar refractivity (Wildman–Crippen MR) is 97.2 cm³/mol. The molecule has 0 bridgehead atoms. The van der Waals surface area contributed by atoms with Crippen LogP contribution in [0.3, 0.4) is 0 Å².